The van der Waals surface area contributed by atoms with Gasteiger partial charge in [0.25, 0.3) is 0 Å². The van der Waals surface area contributed by atoms with E-state index in [0.717, 1.165) is 5.56 Å². The van der Waals surface area contributed by atoms with Crippen LogP contribution in [0.25, 0.3) is 0 Å². The smallest absolute Gasteiger partial charge is 0.326 e. The highest BCUT2D eigenvalue weighted by atomic mass is 16.4. The number of ketones is 1. The Hall–Kier alpha value is -2.17. The first-order valence-electron chi connectivity index (χ1n) is 7.10. The molecule has 5 heteroatoms. The number of Topliss-reactive ketones (excluding diaryl/α,β-unsaturated/α-hetero) is 1. The summed E-state index contributed by atoms with van der Waals surface area (Å²) in [5.74, 6) is -1.41. The van der Waals surface area contributed by atoms with E-state index in [1.165, 1.54) is 0 Å². The van der Waals surface area contributed by atoms with Gasteiger partial charge in [-0.25, -0.2) is 4.79 Å². The quantitative estimate of drug-likeness (QED) is 0.728. The van der Waals surface area contributed by atoms with Crippen LogP contribution in [0.5, 0.6) is 0 Å². The van der Waals surface area contributed by atoms with Gasteiger partial charge in [0.2, 0.25) is 5.91 Å². The molecule has 0 unspecified atom stereocenters. The highest BCUT2D eigenvalue weighted by Crippen LogP contribution is 2.05. The Morgan fingerprint density at radius 3 is 2.38 bits per heavy atom. The maximum absolute atomic E-state index is 11.8. The van der Waals surface area contributed by atoms with Gasteiger partial charge in [-0.1, -0.05) is 37.3 Å². The van der Waals surface area contributed by atoms with Gasteiger partial charge >= 0.3 is 5.97 Å². The zero-order valence-electron chi connectivity index (χ0n) is 12.2. The molecule has 0 aliphatic carbocycles. The van der Waals surface area contributed by atoms with E-state index in [0.29, 0.717) is 12.8 Å². The van der Waals surface area contributed by atoms with Gasteiger partial charge in [0.05, 0.1) is 0 Å². The molecular weight excluding hydrogens is 270 g/mol. The number of nitrogens with one attached hydrogen (secondary N) is 1. The Labute approximate surface area is 124 Å². The summed E-state index contributed by atoms with van der Waals surface area (Å²) >= 11 is 0. The third kappa shape index (κ3) is 6.70. The molecule has 114 valence electrons. The SMILES string of the molecule is CCC(=O)CC[C@H](NC(=O)CCc1ccccc1)C(=O)O. The van der Waals surface area contributed by atoms with Crippen LogP contribution in [0.2, 0.25) is 0 Å². The number of aryl methyl sites for hydroxylation is 1. The van der Waals surface area contributed by atoms with Crippen LogP contribution in [0, 0.1) is 0 Å². The minimum atomic E-state index is -1.10. The van der Waals surface area contributed by atoms with E-state index in [9.17, 15) is 14.4 Å². The van der Waals surface area contributed by atoms with E-state index in [1.54, 1.807) is 6.92 Å². The highest BCUT2D eigenvalue weighted by molar-refractivity contribution is 5.84. The number of carboxylic acid groups (broad SMARTS) is 1. The van der Waals surface area contributed by atoms with Gasteiger partial charge in [0.1, 0.15) is 11.8 Å². The van der Waals surface area contributed by atoms with Gasteiger partial charge in [-0.3, -0.25) is 9.59 Å². The molecule has 1 rings (SSSR count). The molecule has 1 aromatic carbocycles. The average molecular weight is 291 g/mol. The summed E-state index contributed by atoms with van der Waals surface area (Å²) in [7, 11) is 0. The first-order chi connectivity index (χ1) is 10.0. The molecular formula is C16H21NO4. The lowest BCUT2D eigenvalue weighted by Crippen LogP contribution is -2.41. The molecule has 1 atom stereocenters. The van der Waals surface area contributed by atoms with Crippen molar-refractivity contribution in [3.63, 3.8) is 0 Å². The molecule has 0 spiro atoms. The normalized spacial score (nSPS) is 11.7. The zero-order chi connectivity index (χ0) is 15.7. The van der Waals surface area contributed by atoms with Crippen LogP contribution in [-0.4, -0.2) is 28.8 Å². The number of amides is 1. The number of rotatable bonds is 9. The summed E-state index contributed by atoms with van der Waals surface area (Å²) in [6.07, 6.45) is 1.49. The van der Waals surface area contributed by atoms with Gasteiger partial charge in [-0.15, -0.1) is 0 Å². The van der Waals surface area contributed by atoms with Crippen LogP contribution < -0.4 is 5.32 Å². The Bertz CT molecular complexity index is 484. The third-order valence-corrected chi connectivity index (χ3v) is 3.22. The van der Waals surface area contributed by atoms with Crippen molar-refractivity contribution in [3.8, 4) is 0 Å². The zero-order valence-corrected chi connectivity index (χ0v) is 12.2. The molecule has 0 bridgehead atoms. The Balaban J connectivity index is 2.41. The van der Waals surface area contributed by atoms with Crippen molar-refractivity contribution in [1.82, 2.24) is 5.32 Å². The van der Waals surface area contributed by atoms with E-state index in [1.807, 2.05) is 30.3 Å². The number of carbonyl (C=O) groups excluding carboxylic acids is 2. The molecule has 1 amide bonds. The van der Waals surface area contributed by atoms with Gasteiger partial charge in [0.15, 0.2) is 0 Å². The van der Waals surface area contributed by atoms with Crippen LogP contribution in [0.4, 0.5) is 0 Å². The molecule has 0 heterocycles. The van der Waals surface area contributed by atoms with E-state index in [2.05, 4.69) is 5.32 Å². The Morgan fingerprint density at radius 1 is 1.14 bits per heavy atom. The summed E-state index contributed by atoms with van der Waals surface area (Å²) in [4.78, 5) is 34.1. The lowest BCUT2D eigenvalue weighted by Gasteiger charge is -2.14. The molecule has 5 nitrogen and oxygen atoms in total. The lowest BCUT2D eigenvalue weighted by atomic mass is 10.1. The minimum absolute atomic E-state index is 0.000200. The number of benzene rings is 1. The molecule has 0 saturated heterocycles. The first-order valence-corrected chi connectivity index (χ1v) is 7.10. The molecule has 1 aromatic rings. The van der Waals surface area contributed by atoms with Crippen LogP contribution >= 0.6 is 0 Å². The number of hydrogen-bond donors (Lipinski definition) is 2. The number of carboxylic acids is 1. The Morgan fingerprint density at radius 2 is 1.81 bits per heavy atom. The monoisotopic (exact) mass is 291 g/mol. The summed E-state index contributed by atoms with van der Waals surface area (Å²) < 4.78 is 0. The van der Waals surface area contributed by atoms with E-state index < -0.39 is 12.0 Å². The van der Waals surface area contributed by atoms with Crippen LogP contribution in [-0.2, 0) is 20.8 Å². The third-order valence-electron chi connectivity index (χ3n) is 3.22. The van der Waals surface area contributed by atoms with Crippen molar-refractivity contribution in [2.45, 2.75) is 45.1 Å². The maximum Gasteiger partial charge on any atom is 0.326 e. The number of hydrogen-bond acceptors (Lipinski definition) is 3. The van der Waals surface area contributed by atoms with Crippen molar-refractivity contribution in [2.75, 3.05) is 0 Å². The van der Waals surface area contributed by atoms with Gasteiger partial charge < -0.3 is 10.4 Å². The predicted molar refractivity (Wildman–Crippen MR) is 78.9 cm³/mol. The fourth-order valence-electron chi connectivity index (χ4n) is 1.91. The number of carbonyl (C=O) groups is 3. The molecule has 0 aliphatic rings. The molecule has 0 radical (unpaired) electrons. The molecule has 2 N–H and O–H groups in total. The topological polar surface area (TPSA) is 83.5 Å². The van der Waals surface area contributed by atoms with Crippen molar-refractivity contribution in [2.24, 2.45) is 0 Å². The lowest BCUT2D eigenvalue weighted by molar-refractivity contribution is -0.142. The van der Waals surface area contributed by atoms with Crippen molar-refractivity contribution in [1.29, 1.82) is 0 Å². The standard InChI is InChI=1S/C16H21NO4/c1-2-13(18)9-10-14(16(20)21)17-15(19)11-8-12-6-4-3-5-7-12/h3-7,14H,2,8-11H2,1H3,(H,17,19)(H,20,21)/t14-/m0/s1. The van der Waals surface area contributed by atoms with Gasteiger partial charge in [-0.05, 0) is 18.4 Å². The van der Waals surface area contributed by atoms with Gasteiger partial charge in [0, 0.05) is 19.3 Å². The highest BCUT2D eigenvalue weighted by Gasteiger charge is 2.20. The molecule has 0 fully saturated rings. The fourth-order valence-corrected chi connectivity index (χ4v) is 1.91. The molecule has 0 aromatic heterocycles. The van der Waals surface area contributed by atoms with Crippen LogP contribution in [0.3, 0.4) is 0 Å². The summed E-state index contributed by atoms with van der Waals surface area (Å²) in [5.41, 5.74) is 1.03. The first kappa shape index (κ1) is 16.9. The van der Waals surface area contributed by atoms with Gasteiger partial charge in [-0.2, -0.15) is 0 Å². The summed E-state index contributed by atoms with van der Waals surface area (Å²) in [6.45, 7) is 1.73. The largest absolute Gasteiger partial charge is 0.480 e. The van der Waals surface area contributed by atoms with Crippen molar-refractivity contribution >= 4 is 17.7 Å². The molecule has 0 saturated carbocycles. The van der Waals surface area contributed by atoms with Crippen LogP contribution in [0.15, 0.2) is 30.3 Å². The number of aliphatic carboxylic acids is 1. The molecule has 0 aliphatic heterocycles. The fraction of sp³-hybridized carbons (Fsp3) is 0.438. The second-order valence-electron chi connectivity index (χ2n) is 4.87. The van der Waals surface area contributed by atoms with Crippen LogP contribution in [0.1, 0.15) is 38.2 Å². The van der Waals surface area contributed by atoms with E-state index in [-0.39, 0.29) is 31.0 Å². The summed E-state index contributed by atoms with van der Waals surface area (Å²) in [6, 6.07) is 8.52. The Kier molecular flexibility index (Phi) is 7.15. The average Bonchev–Trinajstić information content (AvgIpc) is 2.49. The second-order valence-corrected chi connectivity index (χ2v) is 4.87. The predicted octanol–water partition coefficient (Wildman–Crippen LogP) is 1.95. The minimum Gasteiger partial charge on any atom is -0.480 e. The van der Waals surface area contributed by atoms with Crippen molar-refractivity contribution < 1.29 is 19.5 Å². The molecule has 21 heavy (non-hydrogen) atoms. The van der Waals surface area contributed by atoms with Crippen molar-refractivity contribution in [3.05, 3.63) is 35.9 Å². The maximum atomic E-state index is 11.8. The van der Waals surface area contributed by atoms with E-state index in [4.69, 9.17) is 5.11 Å². The second kappa shape index (κ2) is 8.89. The van der Waals surface area contributed by atoms with E-state index >= 15 is 0 Å². The summed E-state index contributed by atoms with van der Waals surface area (Å²) in [5, 5.41) is 11.5.